The van der Waals surface area contributed by atoms with Crippen molar-refractivity contribution < 1.29 is 0 Å². The number of aromatic nitrogens is 1. The highest BCUT2D eigenvalue weighted by Gasteiger charge is 2.24. The van der Waals surface area contributed by atoms with Crippen LogP contribution < -0.4 is 5.32 Å². The third-order valence-electron chi connectivity index (χ3n) is 3.54. The van der Waals surface area contributed by atoms with E-state index in [1.165, 1.54) is 37.8 Å². The van der Waals surface area contributed by atoms with E-state index in [9.17, 15) is 0 Å². The maximum absolute atomic E-state index is 4.49. The third kappa shape index (κ3) is 2.97. The number of hydrogen-bond donors (Lipinski definition) is 1. The fourth-order valence-electron chi connectivity index (χ4n) is 2.52. The van der Waals surface area contributed by atoms with Crippen LogP contribution in [-0.4, -0.2) is 30.0 Å². The number of unbranched alkanes of at least 4 members (excludes halogenated alkanes) is 1. The van der Waals surface area contributed by atoms with Gasteiger partial charge in [-0.2, -0.15) is 0 Å². The molecule has 1 aromatic rings. The van der Waals surface area contributed by atoms with E-state index in [1.807, 2.05) is 12.3 Å². The SMILES string of the molecule is CCCCNc1ncccc1[C@@H]1CCCN1C. The molecule has 94 valence electrons. The summed E-state index contributed by atoms with van der Waals surface area (Å²) in [5.41, 5.74) is 1.36. The predicted octanol–water partition coefficient (Wildman–Crippen LogP) is 3.06. The molecule has 1 aliphatic heterocycles. The summed E-state index contributed by atoms with van der Waals surface area (Å²) in [5, 5.41) is 3.47. The Labute approximate surface area is 104 Å². The van der Waals surface area contributed by atoms with Crippen LogP contribution in [0.4, 0.5) is 5.82 Å². The molecule has 1 atom stereocenters. The Hall–Kier alpha value is -1.09. The van der Waals surface area contributed by atoms with E-state index in [-0.39, 0.29) is 0 Å². The number of pyridine rings is 1. The second-order valence-corrected chi connectivity index (χ2v) is 4.86. The highest BCUT2D eigenvalue weighted by Crippen LogP contribution is 2.33. The smallest absolute Gasteiger partial charge is 0.130 e. The molecular weight excluding hydrogens is 210 g/mol. The Bertz CT molecular complexity index is 351. The first-order valence-corrected chi connectivity index (χ1v) is 6.72. The molecule has 1 aromatic heterocycles. The van der Waals surface area contributed by atoms with E-state index in [0.29, 0.717) is 6.04 Å². The minimum atomic E-state index is 0.549. The van der Waals surface area contributed by atoms with Crippen LogP contribution in [0, 0.1) is 0 Å². The lowest BCUT2D eigenvalue weighted by molar-refractivity contribution is 0.317. The van der Waals surface area contributed by atoms with E-state index in [1.54, 1.807) is 0 Å². The van der Waals surface area contributed by atoms with Crippen LogP contribution in [0.25, 0.3) is 0 Å². The normalized spacial score (nSPS) is 20.7. The maximum Gasteiger partial charge on any atom is 0.130 e. The zero-order valence-electron chi connectivity index (χ0n) is 10.9. The van der Waals surface area contributed by atoms with Crippen molar-refractivity contribution in [1.82, 2.24) is 9.88 Å². The summed E-state index contributed by atoms with van der Waals surface area (Å²) in [4.78, 5) is 6.92. The highest BCUT2D eigenvalue weighted by molar-refractivity contribution is 5.45. The van der Waals surface area contributed by atoms with E-state index in [4.69, 9.17) is 0 Å². The van der Waals surface area contributed by atoms with Gasteiger partial charge in [-0.15, -0.1) is 0 Å². The zero-order valence-corrected chi connectivity index (χ0v) is 10.9. The topological polar surface area (TPSA) is 28.2 Å². The second kappa shape index (κ2) is 6.01. The van der Waals surface area contributed by atoms with Gasteiger partial charge in [0.2, 0.25) is 0 Å². The van der Waals surface area contributed by atoms with E-state index >= 15 is 0 Å². The monoisotopic (exact) mass is 233 g/mol. The average Bonchev–Trinajstić information content (AvgIpc) is 2.76. The van der Waals surface area contributed by atoms with Gasteiger partial charge in [-0.25, -0.2) is 4.98 Å². The maximum atomic E-state index is 4.49. The zero-order chi connectivity index (χ0) is 12.1. The number of rotatable bonds is 5. The van der Waals surface area contributed by atoms with Gasteiger partial charge in [-0.05, 0) is 38.9 Å². The fourth-order valence-corrected chi connectivity index (χ4v) is 2.52. The molecule has 1 fully saturated rings. The summed E-state index contributed by atoms with van der Waals surface area (Å²) in [6.45, 7) is 4.44. The predicted molar refractivity (Wildman–Crippen MR) is 72.2 cm³/mol. The summed E-state index contributed by atoms with van der Waals surface area (Å²) in [6.07, 6.45) is 6.86. The minimum Gasteiger partial charge on any atom is -0.370 e. The molecule has 1 saturated heterocycles. The lowest BCUT2D eigenvalue weighted by atomic mass is 10.1. The van der Waals surface area contributed by atoms with Crippen molar-refractivity contribution >= 4 is 5.82 Å². The van der Waals surface area contributed by atoms with Gasteiger partial charge in [0.25, 0.3) is 0 Å². The average molecular weight is 233 g/mol. The Morgan fingerprint density at radius 1 is 1.53 bits per heavy atom. The molecular formula is C14H23N3. The Morgan fingerprint density at radius 3 is 3.12 bits per heavy atom. The van der Waals surface area contributed by atoms with Gasteiger partial charge in [-0.3, -0.25) is 4.90 Å². The van der Waals surface area contributed by atoms with Crippen LogP contribution in [-0.2, 0) is 0 Å². The molecule has 0 aromatic carbocycles. The Morgan fingerprint density at radius 2 is 2.41 bits per heavy atom. The van der Waals surface area contributed by atoms with Crippen molar-refractivity contribution in [3.63, 3.8) is 0 Å². The van der Waals surface area contributed by atoms with Crippen molar-refractivity contribution in [2.45, 2.75) is 38.6 Å². The molecule has 0 saturated carbocycles. The first-order chi connectivity index (χ1) is 8.33. The summed E-state index contributed by atoms with van der Waals surface area (Å²) >= 11 is 0. The van der Waals surface area contributed by atoms with Gasteiger partial charge in [0, 0.05) is 24.3 Å². The summed E-state index contributed by atoms with van der Waals surface area (Å²) < 4.78 is 0. The molecule has 0 aliphatic carbocycles. The fraction of sp³-hybridized carbons (Fsp3) is 0.643. The molecule has 3 heteroatoms. The lowest BCUT2D eigenvalue weighted by Gasteiger charge is -2.22. The molecule has 1 aliphatic rings. The molecule has 3 nitrogen and oxygen atoms in total. The van der Waals surface area contributed by atoms with Gasteiger partial charge >= 0.3 is 0 Å². The van der Waals surface area contributed by atoms with Crippen LogP contribution in [0.3, 0.4) is 0 Å². The molecule has 0 unspecified atom stereocenters. The van der Waals surface area contributed by atoms with Crippen LogP contribution in [0.1, 0.15) is 44.2 Å². The van der Waals surface area contributed by atoms with Gasteiger partial charge in [0.1, 0.15) is 5.82 Å². The van der Waals surface area contributed by atoms with Gasteiger partial charge in [0.05, 0.1) is 0 Å². The first kappa shape index (κ1) is 12.4. The van der Waals surface area contributed by atoms with Gasteiger partial charge in [0.15, 0.2) is 0 Å². The quantitative estimate of drug-likeness (QED) is 0.792. The number of likely N-dealkylation sites (tertiary alicyclic amines) is 1. The molecule has 2 rings (SSSR count). The number of nitrogens with one attached hydrogen (secondary N) is 1. The van der Waals surface area contributed by atoms with Crippen LogP contribution in [0.15, 0.2) is 18.3 Å². The molecule has 1 N–H and O–H groups in total. The van der Waals surface area contributed by atoms with Crippen molar-refractivity contribution in [3.8, 4) is 0 Å². The standard InChI is InChI=1S/C14H23N3/c1-3-4-9-15-14-12(7-5-10-16-14)13-8-6-11-17(13)2/h5,7,10,13H,3-4,6,8-9,11H2,1-2H3,(H,15,16)/t13-/m0/s1. The van der Waals surface area contributed by atoms with E-state index < -0.39 is 0 Å². The van der Waals surface area contributed by atoms with Crippen LogP contribution >= 0.6 is 0 Å². The van der Waals surface area contributed by atoms with E-state index in [0.717, 1.165) is 12.4 Å². The molecule has 0 amide bonds. The lowest BCUT2D eigenvalue weighted by Crippen LogP contribution is -2.19. The first-order valence-electron chi connectivity index (χ1n) is 6.72. The second-order valence-electron chi connectivity index (χ2n) is 4.86. The largest absolute Gasteiger partial charge is 0.370 e. The highest BCUT2D eigenvalue weighted by atomic mass is 15.2. The number of hydrogen-bond acceptors (Lipinski definition) is 3. The van der Waals surface area contributed by atoms with Gasteiger partial charge < -0.3 is 5.32 Å². The van der Waals surface area contributed by atoms with Crippen molar-refractivity contribution in [1.29, 1.82) is 0 Å². The third-order valence-corrected chi connectivity index (χ3v) is 3.54. The molecule has 0 spiro atoms. The van der Waals surface area contributed by atoms with Crippen LogP contribution in [0.5, 0.6) is 0 Å². The Kier molecular flexibility index (Phi) is 4.37. The number of anilines is 1. The molecule has 17 heavy (non-hydrogen) atoms. The van der Waals surface area contributed by atoms with Gasteiger partial charge in [-0.1, -0.05) is 19.4 Å². The summed E-state index contributed by atoms with van der Waals surface area (Å²) in [5.74, 6) is 1.08. The number of nitrogens with zero attached hydrogens (tertiary/aromatic N) is 2. The van der Waals surface area contributed by atoms with Crippen molar-refractivity contribution in [2.75, 3.05) is 25.5 Å². The molecule has 0 bridgehead atoms. The molecule has 2 heterocycles. The van der Waals surface area contributed by atoms with E-state index in [2.05, 4.69) is 35.2 Å². The van der Waals surface area contributed by atoms with Crippen molar-refractivity contribution in [2.24, 2.45) is 0 Å². The van der Waals surface area contributed by atoms with Crippen LogP contribution in [0.2, 0.25) is 0 Å². The Balaban J connectivity index is 2.09. The molecule has 0 radical (unpaired) electrons. The summed E-state index contributed by atoms with van der Waals surface area (Å²) in [7, 11) is 2.21. The van der Waals surface area contributed by atoms with Crippen molar-refractivity contribution in [3.05, 3.63) is 23.9 Å². The minimum absolute atomic E-state index is 0.549. The summed E-state index contributed by atoms with van der Waals surface area (Å²) in [6, 6.07) is 4.81.